The molecule has 2 fully saturated rings. The topological polar surface area (TPSA) is 97.4 Å². The molecule has 0 saturated carbocycles. The number of hydrogen-bond donors (Lipinski definition) is 0. The first-order valence-corrected chi connectivity index (χ1v) is 16.8. The van der Waals surface area contributed by atoms with E-state index in [-0.39, 0.29) is 35.5 Å². The first kappa shape index (κ1) is 33.8. The molecule has 4 heterocycles. The summed E-state index contributed by atoms with van der Waals surface area (Å²) in [6.45, 7) is 8.54. The second-order valence-corrected chi connectivity index (χ2v) is 14.4. The van der Waals surface area contributed by atoms with Crippen molar-refractivity contribution in [3.63, 3.8) is 0 Å². The van der Waals surface area contributed by atoms with Crippen LogP contribution in [0.5, 0.6) is 0 Å². The maximum atomic E-state index is 17.0. The number of likely N-dealkylation sites (tertiary alicyclic amines) is 1. The van der Waals surface area contributed by atoms with Crippen molar-refractivity contribution in [3.05, 3.63) is 58.4 Å². The van der Waals surface area contributed by atoms with Crippen LogP contribution < -0.4 is 4.90 Å². The number of fused-ring (bicyclic) bond motifs is 3. The van der Waals surface area contributed by atoms with Gasteiger partial charge in [0.15, 0.2) is 17.2 Å². The number of anilines is 1. The summed E-state index contributed by atoms with van der Waals surface area (Å²) in [5.74, 6) is 0.0976. The number of piperidine rings is 1. The molecule has 48 heavy (non-hydrogen) atoms. The Balaban J connectivity index is 1.48. The number of amides is 1. The number of nitriles is 1. The average Bonchev–Trinajstić information content (AvgIpc) is 3.47. The molecule has 0 N–H and O–H groups in total. The summed E-state index contributed by atoms with van der Waals surface area (Å²) in [6.07, 6.45) is 4.80. The number of aryl methyl sites for hydroxylation is 1. The predicted octanol–water partition coefficient (Wildman–Crippen LogP) is 5.76. The summed E-state index contributed by atoms with van der Waals surface area (Å²) < 4.78 is 18.9. The molecule has 2 aliphatic rings. The van der Waals surface area contributed by atoms with Crippen LogP contribution in [0.3, 0.4) is 0 Å². The van der Waals surface area contributed by atoms with Crippen molar-refractivity contribution in [2.45, 2.75) is 57.7 Å². The zero-order chi connectivity index (χ0) is 34.5. The fourth-order valence-corrected chi connectivity index (χ4v) is 7.28. The summed E-state index contributed by atoms with van der Waals surface area (Å²) in [5, 5.41) is 20.3. The van der Waals surface area contributed by atoms with E-state index in [1.165, 1.54) is 0 Å². The van der Waals surface area contributed by atoms with Crippen LogP contribution in [-0.2, 0) is 4.79 Å². The van der Waals surface area contributed by atoms with Crippen LogP contribution >= 0.6 is 11.6 Å². The fourth-order valence-electron chi connectivity index (χ4n) is 7.11. The van der Waals surface area contributed by atoms with Crippen LogP contribution in [0.25, 0.3) is 33.1 Å². The highest BCUT2D eigenvalue weighted by molar-refractivity contribution is 6.31. The summed E-state index contributed by atoms with van der Waals surface area (Å²) in [4.78, 5) is 26.3. The van der Waals surface area contributed by atoms with Crippen LogP contribution in [0.4, 0.5) is 10.2 Å². The van der Waals surface area contributed by atoms with Gasteiger partial charge in [-0.3, -0.25) is 4.79 Å². The number of nitrogens with zero attached hydrogens (tertiary/aromatic N) is 9. The third-order valence-corrected chi connectivity index (χ3v) is 10.6. The molecule has 1 amide bonds. The molecule has 12 heteroatoms. The van der Waals surface area contributed by atoms with Gasteiger partial charge in [0.1, 0.15) is 11.0 Å². The number of aromatic nitrogens is 4. The Morgan fingerprint density at radius 1 is 1.21 bits per heavy atom. The highest BCUT2D eigenvalue weighted by Gasteiger charge is 2.43. The Morgan fingerprint density at radius 2 is 1.96 bits per heavy atom. The molecule has 0 unspecified atom stereocenters. The largest absolute Gasteiger partial charge is 0.351 e. The van der Waals surface area contributed by atoms with E-state index in [2.05, 4.69) is 47.2 Å². The molecule has 10 nitrogen and oxygen atoms in total. The van der Waals surface area contributed by atoms with Gasteiger partial charge in [-0.05, 0) is 90.6 Å². The zero-order valence-electron chi connectivity index (χ0n) is 28.8. The third kappa shape index (κ3) is 5.91. The van der Waals surface area contributed by atoms with E-state index in [0.717, 1.165) is 22.2 Å². The van der Waals surface area contributed by atoms with E-state index in [1.807, 2.05) is 67.9 Å². The highest BCUT2D eigenvalue weighted by atomic mass is 35.5. The first-order valence-electron chi connectivity index (χ1n) is 16.4. The van der Waals surface area contributed by atoms with Crippen LogP contribution in [-0.4, -0.2) is 107 Å². The number of carbonyl (C=O) groups excluding carboxylic acids is 1. The van der Waals surface area contributed by atoms with Gasteiger partial charge in [-0.15, -0.1) is 5.10 Å². The first-order chi connectivity index (χ1) is 22.8. The Hall–Kier alpha value is -4.11. The lowest BCUT2D eigenvalue weighted by molar-refractivity contribution is -0.130. The number of benzene rings is 2. The molecule has 2 aromatic heterocycles. The van der Waals surface area contributed by atoms with Crippen molar-refractivity contribution >= 4 is 45.3 Å². The molecular formula is C36H43ClFN9O. The standard InChI is InChI=1S/C36H43ClFN9O/c1-22-18-27-32(31(38)30(22)26-10-8-11-28(37)23(26)2)40-35(45-20-36(3,21-45)44(6)7)33-34(27)47(42-41-33)25-14-17-46(24(19-25)13-15-39)29(48)12-9-16-43(4)5/h8-12,18,24-25H,13-14,16-17,19-21H2,1-7H3/b12-9+/t24-,25+/m1/s1. The van der Waals surface area contributed by atoms with Crippen molar-refractivity contribution in [3.8, 4) is 17.2 Å². The Morgan fingerprint density at radius 3 is 2.65 bits per heavy atom. The van der Waals surface area contributed by atoms with Gasteiger partial charge < -0.3 is 19.6 Å². The van der Waals surface area contributed by atoms with E-state index in [1.54, 1.807) is 11.0 Å². The molecule has 0 aliphatic carbocycles. The summed E-state index contributed by atoms with van der Waals surface area (Å²) in [5.41, 5.74) is 4.31. The van der Waals surface area contributed by atoms with Gasteiger partial charge in [0.05, 0.1) is 24.1 Å². The Bertz CT molecular complexity index is 1960. The zero-order valence-corrected chi connectivity index (χ0v) is 29.5. The minimum Gasteiger partial charge on any atom is -0.351 e. The molecule has 2 aliphatic heterocycles. The van der Waals surface area contributed by atoms with E-state index >= 15 is 4.39 Å². The van der Waals surface area contributed by atoms with Crippen LogP contribution in [0, 0.1) is 31.0 Å². The van der Waals surface area contributed by atoms with Gasteiger partial charge in [-0.2, -0.15) is 5.26 Å². The molecule has 6 rings (SSSR count). The molecule has 0 spiro atoms. The lowest BCUT2D eigenvalue weighted by Gasteiger charge is -2.52. The fraction of sp³-hybridized carbons (Fsp3) is 0.472. The third-order valence-electron chi connectivity index (χ3n) is 10.2. The molecule has 4 aromatic rings. The van der Waals surface area contributed by atoms with Gasteiger partial charge in [0, 0.05) is 54.3 Å². The maximum Gasteiger partial charge on any atom is 0.246 e. The van der Waals surface area contributed by atoms with E-state index in [9.17, 15) is 10.1 Å². The number of pyridine rings is 1. The van der Waals surface area contributed by atoms with Crippen molar-refractivity contribution in [1.29, 1.82) is 5.26 Å². The second kappa shape index (κ2) is 13.1. The predicted molar refractivity (Wildman–Crippen MR) is 189 cm³/mol. The molecule has 0 bridgehead atoms. The van der Waals surface area contributed by atoms with Gasteiger partial charge >= 0.3 is 0 Å². The smallest absolute Gasteiger partial charge is 0.246 e. The van der Waals surface area contributed by atoms with E-state index in [0.29, 0.717) is 66.3 Å². The van der Waals surface area contributed by atoms with Crippen molar-refractivity contribution in [2.75, 3.05) is 59.3 Å². The van der Waals surface area contributed by atoms with E-state index < -0.39 is 5.82 Å². The van der Waals surface area contributed by atoms with Crippen molar-refractivity contribution in [2.24, 2.45) is 0 Å². The number of halogens is 2. The Labute approximate surface area is 286 Å². The van der Waals surface area contributed by atoms with E-state index in [4.69, 9.17) is 16.6 Å². The van der Waals surface area contributed by atoms with Crippen molar-refractivity contribution in [1.82, 2.24) is 34.7 Å². The van der Waals surface area contributed by atoms with Crippen LogP contribution in [0.2, 0.25) is 5.02 Å². The minimum atomic E-state index is -0.408. The maximum absolute atomic E-state index is 17.0. The number of carbonyl (C=O) groups is 1. The molecule has 2 aromatic carbocycles. The number of rotatable bonds is 8. The molecule has 252 valence electrons. The lowest BCUT2D eigenvalue weighted by atomic mass is 9.90. The molecule has 2 saturated heterocycles. The molecular weight excluding hydrogens is 629 g/mol. The average molecular weight is 672 g/mol. The summed E-state index contributed by atoms with van der Waals surface area (Å²) in [6, 6.07) is 9.36. The van der Waals surface area contributed by atoms with Crippen LogP contribution in [0.1, 0.15) is 43.4 Å². The highest BCUT2D eigenvalue weighted by Crippen LogP contribution is 2.42. The quantitative estimate of drug-likeness (QED) is 0.218. The lowest BCUT2D eigenvalue weighted by Crippen LogP contribution is -2.67. The Kier molecular flexibility index (Phi) is 9.20. The van der Waals surface area contributed by atoms with Gasteiger partial charge in [-0.25, -0.2) is 14.1 Å². The molecule has 0 radical (unpaired) electrons. The SMILES string of the molecule is Cc1cc2c(nc(N3CC(C)(N(C)C)C3)c3nnn([C@H]4CCN(C(=O)/C=C/CN(C)C)[C@H](CC#N)C4)c32)c(F)c1-c1cccc(Cl)c1C. The number of hydrogen-bond acceptors (Lipinski definition) is 8. The van der Waals surface area contributed by atoms with Gasteiger partial charge in [0.25, 0.3) is 0 Å². The van der Waals surface area contributed by atoms with Crippen LogP contribution in [0.15, 0.2) is 36.4 Å². The number of likely N-dealkylation sites (N-methyl/N-ethyl adjacent to an activating group) is 2. The minimum absolute atomic E-state index is 0.0568. The second-order valence-electron chi connectivity index (χ2n) is 14.0. The monoisotopic (exact) mass is 671 g/mol. The summed E-state index contributed by atoms with van der Waals surface area (Å²) >= 11 is 6.48. The molecule has 2 atom stereocenters. The normalized spacial score (nSPS) is 19.5. The summed E-state index contributed by atoms with van der Waals surface area (Å²) in [7, 11) is 8.01. The van der Waals surface area contributed by atoms with Gasteiger partial charge in [0.2, 0.25) is 5.91 Å². The van der Waals surface area contributed by atoms with Crippen molar-refractivity contribution < 1.29 is 9.18 Å². The van der Waals surface area contributed by atoms with Gasteiger partial charge in [-0.1, -0.05) is 35.0 Å².